The van der Waals surface area contributed by atoms with Crippen LogP contribution < -0.4 is 15.5 Å². The van der Waals surface area contributed by atoms with Crippen LogP contribution in [-0.2, 0) is 11.2 Å². The Hall–Kier alpha value is -1.88. The highest BCUT2D eigenvalue weighted by Crippen LogP contribution is 2.28. The van der Waals surface area contributed by atoms with Crippen LogP contribution in [0.4, 0.5) is 5.69 Å². The number of hydrogen-bond acceptors (Lipinski definition) is 3. The molecule has 22 heavy (non-hydrogen) atoms. The number of anilines is 1. The average Bonchev–Trinajstić information content (AvgIpc) is 3.15. The minimum atomic E-state index is -0.0185. The highest BCUT2D eigenvalue weighted by Gasteiger charge is 2.23. The summed E-state index contributed by atoms with van der Waals surface area (Å²) in [6, 6.07) is 5.62. The molecule has 1 unspecified atom stereocenters. The molecule has 5 heteroatoms. The number of rotatable bonds is 4. The predicted octanol–water partition coefficient (Wildman–Crippen LogP) is 1.32. The van der Waals surface area contributed by atoms with Crippen molar-refractivity contribution in [3.63, 3.8) is 0 Å². The van der Waals surface area contributed by atoms with E-state index < -0.39 is 0 Å². The molecule has 0 spiro atoms. The average molecular weight is 301 g/mol. The van der Waals surface area contributed by atoms with Gasteiger partial charge in [0.05, 0.1) is 0 Å². The van der Waals surface area contributed by atoms with Crippen molar-refractivity contribution in [2.45, 2.75) is 26.2 Å². The van der Waals surface area contributed by atoms with Crippen LogP contribution in [0.15, 0.2) is 18.2 Å². The first-order chi connectivity index (χ1) is 10.6. The second kappa shape index (κ2) is 6.48. The first kappa shape index (κ1) is 15.0. The molecule has 2 aliphatic rings. The summed E-state index contributed by atoms with van der Waals surface area (Å²) in [7, 11) is 0. The Balaban J connectivity index is 1.58. The van der Waals surface area contributed by atoms with Crippen LogP contribution in [0.1, 0.15) is 35.7 Å². The van der Waals surface area contributed by atoms with Gasteiger partial charge in [-0.25, -0.2) is 0 Å². The van der Waals surface area contributed by atoms with E-state index in [0.29, 0.717) is 18.0 Å². The molecular formula is C17H23N3O2. The highest BCUT2D eigenvalue weighted by molar-refractivity contribution is 5.97. The quantitative estimate of drug-likeness (QED) is 0.882. The van der Waals surface area contributed by atoms with E-state index in [4.69, 9.17) is 0 Å². The second-order valence-corrected chi connectivity index (χ2v) is 6.17. The molecule has 0 bridgehead atoms. The number of hydrogen-bond donors (Lipinski definition) is 2. The Morgan fingerprint density at radius 3 is 3.00 bits per heavy atom. The predicted molar refractivity (Wildman–Crippen MR) is 86.1 cm³/mol. The molecule has 3 rings (SSSR count). The number of nitrogens with one attached hydrogen (secondary N) is 2. The standard InChI is InChI=1S/C17H23N3O2/c1-12(21)20-9-6-14-10-15(2-3-16(14)20)17(22)19-8-5-13-4-7-18-11-13/h2-3,10,13,18H,4-9,11H2,1H3,(H,19,22). The van der Waals surface area contributed by atoms with E-state index in [0.717, 1.165) is 43.7 Å². The van der Waals surface area contributed by atoms with E-state index in [2.05, 4.69) is 10.6 Å². The van der Waals surface area contributed by atoms with Crippen LogP contribution in [0, 0.1) is 5.92 Å². The molecule has 5 nitrogen and oxygen atoms in total. The summed E-state index contributed by atoms with van der Waals surface area (Å²) in [5.74, 6) is 0.723. The van der Waals surface area contributed by atoms with Crippen LogP contribution in [0.25, 0.3) is 0 Å². The lowest BCUT2D eigenvalue weighted by Gasteiger charge is -2.15. The van der Waals surface area contributed by atoms with Crippen molar-refractivity contribution in [3.05, 3.63) is 29.3 Å². The van der Waals surface area contributed by atoms with Gasteiger partial charge in [0, 0.05) is 31.3 Å². The first-order valence-electron chi connectivity index (χ1n) is 8.05. The van der Waals surface area contributed by atoms with E-state index in [-0.39, 0.29) is 11.8 Å². The minimum absolute atomic E-state index is 0.0185. The Morgan fingerprint density at radius 2 is 2.27 bits per heavy atom. The van der Waals surface area contributed by atoms with Gasteiger partial charge in [0.25, 0.3) is 5.91 Å². The normalized spacial score (nSPS) is 20.0. The van der Waals surface area contributed by atoms with Crippen molar-refractivity contribution in [2.75, 3.05) is 31.1 Å². The molecule has 2 amide bonds. The molecule has 118 valence electrons. The number of amides is 2. The molecule has 0 aromatic heterocycles. The second-order valence-electron chi connectivity index (χ2n) is 6.17. The van der Waals surface area contributed by atoms with E-state index in [1.165, 1.54) is 6.42 Å². The van der Waals surface area contributed by atoms with Gasteiger partial charge in [-0.05, 0) is 62.0 Å². The third-order valence-electron chi connectivity index (χ3n) is 4.62. The lowest BCUT2D eigenvalue weighted by Crippen LogP contribution is -2.27. The summed E-state index contributed by atoms with van der Waals surface area (Å²) in [5.41, 5.74) is 2.72. The summed E-state index contributed by atoms with van der Waals surface area (Å²) in [4.78, 5) is 25.5. The van der Waals surface area contributed by atoms with E-state index in [9.17, 15) is 9.59 Å². The zero-order valence-electron chi connectivity index (χ0n) is 13.0. The minimum Gasteiger partial charge on any atom is -0.352 e. The molecule has 2 heterocycles. The Bertz CT molecular complexity index is 579. The molecule has 2 N–H and O–H groups in total. The first-order valence-corrected chi connectivity index (χ1v) is 8.05. The maximum Gasteiger partial charge on any atom is 0.251 e. The molecule has 1 atom stereocenters. The fourth-order valence-electron chi connectivity index (χ4n) is 3.32. The van der Waals surface area contributed by atoms with Gasteiger partial charge in [-0.2, -0.15) is 0 Å². The summed E-state index contributed by atoms with van der Waals surface area (Å²) in [6.07, 6.45) is 3.06. The zero-order chi connectivity index (χ0) is 15.5. The summed E-state index contributed by atoms with van der Waals surface area (Å²) in [6.45, 7) is 5.17. The van der Waals surface area contributed by atoms with Crippen LogP contribution in [0.2, 0.25) is 0 Å². The van der Waals surface area contributed by atoms with Crippen molar-refractivity contribution in [1.82, 2.24) is 10.6 Å². The highest BCUT2D eigenvalue weighted by atomic mass is 16.2. The van der Waals surface area contributed by atoms with Crippen LogP contribution in [0.5, 0.6) is 0 Å². The zero-order valence-corrected chi connectivity index (χ0v) is 13.0. The summed E-state index contributed by atoms with van der Waals surface area (Å²) in [5, 5.41) is 6.34. The Morgan fingerprint density at radius 1 is 1.41 bits per heavy atom. The Labute approximate surface area is 131 Å². The van der Waals surface area contributed by atoms with Gasteiger partial charge in [0.1, 0.15) is 0 Å². The molecule has 0 aliphatic carbocycles. The van der Waals surface area contributed by atoms with Crippen molar-refractivity contribution < 1.29 is 9.59 Å². The molecule has 1 saturated heterocycles. The van der Waals surface area contributed by atoms with Crippen molar-refractivity contribution in [2.24, 2.45) is 5.92 Å². The van der Waals surface area contributed by atoms with Crippen molar-refractivity contribution in [3.8, 4) is 0 Å². The molecule has 1 fully saturated rings. The SMILES string of the molecule is CC(=O)N1CCc2cc(C(=O)NCCC3CCNC3)ccc21. The van der Waals surface area contributed by atoms with Crippen molar-refractivity contribution in [1.29, 1.82) is 0 Å². The van der Waals surface area contributed by atoms with Crippen molar-refractivity contribution >= 4 is 17.5 Å². The van der Waals surface area contributed by atoms with E-state index in [1.807, 2.05) is 18.2 Å². The fourth-order valence-corrected chi connectivity index (χ4v) is 3.32. The van der Waals surface area contributed by atoms with Gasteiger partial charge in [-0.1, -0.05) is 0 Å². The lowest BCUT2D eigenvalue weighted by atomic mass is 10.0. The van der Waals surface area contributed by atoms with Gasteiger partial charge in [0.15, 0.2) is 0 Å². The Kier molecular flexibility index (Phi) is 4.43. The third-order valence-corrected chi connectivity index (χ3v) is 4.62. The molecular weight excluding hydrogens is 278 g/mol. The van der Waals surface area contributed by atoms with Crippen LogP contribution in [0.3, 0.4) is 0 Å². The third kappa shape index (κ3) is 3.14. The van der Waals surface area contributed by atoms with Gasteiger partial charge < -0.3 is 15.5 Å². The fraction of sp³-hybridized carbons (Fsp3) is 0.529. The maximum absolute atomic E-state index is 12.2. The molecule has 0 radical (unpaired) electrons. The van der Waals surface area contributed by atoms with E-state index in [1.54, 1.807) is 11.8 Å². The monoisotopic (exact) mass is 301 g/mol. The summed E-state index contributed by atoms with van der Waals surface area (Å²) < 4.78 is 0. The number of nitrogens with zero attached hydrogens (tertiary/aromatic N) is 1. The number of carbonyl (C=O) groups is 2. The van der Waals surface area contributed by atoms with Gasteiger partial charge >= 0.3 is 0 Å². The smallest absolute Gasteiger partial charge is 0.251 e. The van der Waals surface area contributed by atoms with Gasteiger partial charge in [0.2, 0.25) is 5.91 Å². The summed E-state index contributed by atoms with van der Waals surface area (Å²) >= 11 is 0. The van der Waals surface area contributed by atoms with Gasteiger partial charge in [-0.15, -0.1) is 0 Å². The maximum atomic E-state index is 12.2. The molecule has 1 aromatic carbocycles. The van der Waals surface area contributed by atoms with E-state index >= 15 is 0 Å². The van der Waals surface area contributed by atoms with Gasteiger partial charge in [-0.3, -0.25) is 9.59 Å². The molecule has 0 saturated carbocycles. The largest absolute Gasteiger partial charge is 0.352 e. The topological polar surface area (TPSA) is 61.4 Å². The van der Waals surface area contributed by atoms with Crippen LogP contribution in [-0.4, -0.2) is 38.0 Å². The number of carbonyl (C=O) groups excluding carboxylic acids is 2. The number of benzene rings is 1. The van der Waals surface area contributed by atoms with Crippen LogP contribution >= 0.6 is 0 Å². The number of fused-ring (bicyclic) bond motifs is 1. The molecule has 1 aromatic rings. The molecule has 2 aliphatic heterocycles. The lowest BCUT2D eigenvalue weighted by molar-refractivity contribution is -0.116.